The number of nitrogens with zero attached hydrogens (tertiary/aromatic N) is 1. The maximum absolute atomic E-state index is 13.4. The van der Waals surface area contributed by atoms with E-state index in [2.05, 4.69) is 27.9 Å². The Morgan fingerprint density at radius 1 is 1.12 bits per heavy atom. The highest BCUT2D eigenvalue weighted by molar-refractivity contribution is 14.1. The van der Waals surface area contributed by atoms with Gasteiger partial charge >= 0.3 is 0 Å². The standard InChI is InChI=1S/C15H13F2IN2O3S/c1-24(22,23)20(12-6-7-13(16)14(17)8-12)9-15(21)19-11-4-2-10(18)3-5-11/h2-8H,9H2,1H3,(H,19,21). The van der Waals surface area contributed by atoms with Gasteiger partial charge in [0.05, 0.1) is 11.9 Å². The highest BCUT2D eigenvalue weighted by Crippen LogP contribution is 2.20. The molecule has 0 aliphatic heterocycles. The van der Waals surface area contributed by atoms with Crippen LogP contribution >= 0.6 is 22.6 Å². The van der Waals surface area contributed by atoms with Crippen LogP contribution in [0.3, 0.4) is 0 Å². The lowest BCUT2D eigenvalue weighted by Crippen LogP contribution is -2.37. The van der Waals surface area contributed by atoms with E-state index < -0.39 is 34.1 Å². The topological polar surface area (TPSA) is 66.5 Å². The van der Waals surface area contributed by atoms with Crippen molar-refractivity contribution in [2.24, 2.45) is 0 Å². The zero-order chi connectivity index (χ0) is 17.9. The summed E-state index contributed by atoms with van der Waals surface area (Å²) in [5.41, 5.74) is 0.369. The van der Waals surface area contributed by atoms with Crippen molar-refractivity contribution >= 4 is 49.9 Å². The molecule has 5 nitrogen and oxygen atoms in total. The molecule has 0 aliphatic carbocycles. The summed E-state index contributed by atoms with van der Waals surface area (Å²) in [7, 11) is -3.86. The SMILES string of the molecule is CS(=O)(=O)N(CC(=O)Nc1ccc(I)cc1)c1ccc(F)c(F)c1. The minimum absolute atomic E-state index is 0.130. The number of sulfonamides is 1. The lowest BCUT2D eigenvalue weighted by molar-refractivity contribution is -0.114. The number of carbonyl (C=O) groups excluding carboxylic acids is 1. The molecule has 0 atom stereocenters. The highest BCUT2D eigenvalue weighted by Gasteiger charge is 2.22. The molecule has 0 radical (unpaired) electrons. The minimum Gasteiger partial charge on any atom is -0.325 e. The van der Waals surface area contributed by atoms with Gasteiger partial charge in [-0.05, 0) is 59.0 Å². The Morgan fingerprint density at radius 2 is 1.75 bits per heavy atom. The lowest BCUT2D eigenvalue weighted by Gasteiger charge is -2.22. The smallest absolute Gasteiger partial charge is 0.245 e. The van der Waals surface area contributed by atoms with Crippen LogP contribution in [0.25, 0.3) is 0 Å². The fraction of sp³-hybridized carbons (Fsp3) is 0.133. The minimum atomic E-state index is -3.86. The van der Waals surface area contributed by atoms with Gasteiger partial charge in [0.1, 0.15) is 6.54 Å². The van der Waals surface area contributed by atoms with Gasteiger partial charge in [0.25, 0.3) is 0 Å². The van der Waals surface area contributed by atoms with Crippen molar-refractivity contribution in [1.29, 1.82) is 0 Å². The Labute approximate surface area is 151 Å². The van der Waals surface area contributed by atoms with Crippen molar-refractivity contribution in [3.8, 4) is 0 Å². The number of nitrogens with one attached hydrogen (secondary N) is 1. The average Bonchev–Trinajstić information content (AvgIpc) is 2.49. The molecule has 0 unspecified atom stereocenters. The first-order valence-electron chi connectivity index (χ1n) is 6.65. The van der Waals surface area contributed by atoms with E-state index >= 15 is 0 Å². The third-order valence-corrected chi connectivity index (χ3v) is 4.87. The molecule has 0 aliphatic rings. The maximum Gasteiger partial charge on any atom is 0.245 e. The number of anilines is 2. The summed E-state index contributed by atoms with van der Waals surface area (Å²) in [5.74, 6) is -2.90. The monoisotopic (exact) mass is 466 g/mol. The van der Waals surface area contributed by atoms with E-state index in [0.29, 0.717) is 9.99 Å². The van der Waals surface area contributed by atoms with Gasteiger partial charge in [-0.15, -0.1) is 0 Å². The zero-order valence-electron chi connectivity index (χ0n) is 12.5. The van der Waals surface area contributed by atoms with E-state index in [1.54, 1.807) is 24.3 Å². The van der Waals surface area contributed by atoms with Crippen LogP contribution in [-0.4, -0.2) is 27.1 Å². The molecule has 1 amide bonds. The average molecular weight is 466 g/mol. The van der Waals surface area contributed by atoms with Gasteiger partial charge in [-0.1, -0.05) is 0 Å². The number of halogens is 3. The summed E-state index contributed by atoms with van der Waals surface area (Å²) >= 11 is 2.11. The van der Waals surface area contributed by atoms with Crippen LogP contribution in [0.1, 0.15) is 0 Å². The van der Waals surface area contributed by atoms with E-state index in [1.807, 2.05) is 0 Å². The van der Waals surface area contributed by atoms with Gasteiger partial charge in [-0.3, -0.25) is 9.10 Å². The summed E-state index contributed by atoms with van der Waals surface area (Å²) in [6.07, 6.45) is 0.881. The van der Waals surface area contributed by atoms with Crippen molar-refractivity contribution in [2.45, 2.75) is 0 Å². The largest absolute Gasteiger partial charge is 0.325 e. The first kappa shape index (κ1) is 18.6. The van der Waals surface area contributed by atoms with Crippen LogP contribution in [0.15, 0.2) is 42.5 Å². The van der Waals surface area contributed by atoms with Gasteiger partial charge in [-0.2, -0.15) is 0 Å². The van der Waals surface area contributed by atoms with Crippen LogP contribution in [-0.2, 0) is 14.8 Å². The molecule has 0 heterocycles. The zero-order valence-corrected chi connectivity index (χ0v) is 15.4. The van der Waals surface area contributed by atoms with Crippen LogP contribution in [0.5, 0.6) is 0 Å². The summed E-state index contributed by atoms with van der Waals surface area (Å²) in [4.78, 5) is 12.1. The van der Waals surface area contributed by atoms with Gasteiger partial charge < -0.3 is 5.32 Å². The van der Waals surface area contributed by atoms with E-state index in [1.165, 1.54) is 0 Å². The van der Waals surface area contributed by atoms with Gasteiger partial charge in [0.2, 0.25) is 15.9 Å². The first-order chi connectivity index (χ1) is 11.2. The Kier molecular flexibility index (Phi) is 5.75. The maximum atomic E-state index is 13.4. The van der Waals surface area contributed by atoms with Crippen molar-refractivity contribution in [3.05, 3.63) is 57.7 Å². The normalized spacial score (nSPS) is 11.2. The second-order valence-electron chi connectivity index (χ2n) is 4.92. The molecule has 128 valence electrons. The molecule has 2 aromatic rings. The number of amides is 1. The van der Waals surface area contributed by atoms with Crippen molar-refractivity contribution in [2.75, 3.05) is 22.4 Å². The molecular weight excluding hydrogens is 453 g/mol. The first-order valence-corrected chi connectivity index (χ1v) is 9.58. The van der Waals surface area contributed by atoms with Gasteiger partial charge in [0.15, 0.2) is 11.6 Å². The molecule has 1 N–H and O–H groups in total. The predicted octanol–water partition coefficient (Wildman–Crippen LogP) is 2.97. The second kappa shape index (κ2) is 7.43. The molecule has 0 bridgehead atoms. The summed E-state index contributed by atoms with van der Waals surface area (Å²) in [6.45, 7) is -0.560. The molecule has 0 saturated heterocycles. The molecule has 0 aromatic heterocycles. The van der Waals surface area contributed by atoms with E-state index in [0.717, 1.165) is 28.0 Å². The van der Waals surface area contributed by atoms with E-state index in [4.69, 9.17) is 0 Å². The summed E-state index contributed by atoms with van der Waals surface area (Å²) in [5, 5.41) is 2.55. The van der Waals surface area contributed by atoms with Crippen molar-refractivity contribution in [3.63, 3.8) is 0 Å². The Hall–Kier alpha value is -1.75. The third kappa shape index (κ3) is 4.87. The van der Waals surface area contributed by atoms with Gasteiger partial charge in [0, 0.05) is 15.3 Å². The number of rotatable bonds is 5. The molecule has 0 fully saturated rings. The molecule has 2 aromatic carbocycles. The van der Waals surface area contributed by atoms with Crippen molar-refractivity contribution < 1.29 is 22.0 Å². The highest BCUT2D eigenvalue weighted by atomic mass is 127. The fourth-order valence-corrected chi connectivity index (χ4v) is 3.11. The Balaban J connectivity index is 2.21. The quantitative estimate of drug-likeness (QED) is 0.690. The van der Waals surface area contributed by atoms with E-state index in [-0.39, 0.29) is 5.69 Å². The van der Waals surface area contributed by atoms with E-state index in [9.17, 15) is 22.0 Å². The van der Waals surface area contributed by atoms with Crippen molar-refractivity contribution in [1.82, 2.24) is 0 Å². The summed E-state index contributed by atoms with van der Waals surface area (Å²) < 4.78 is 51.8. The number of carbonyl (C=O) groups is 1. The molecule has 2 rings (SSSR count). The Bertz CT molecular complexity index is 858. The fourth-order valence-electron chi connectivity index (χ4n) is 1.90. The lowest BCUT2D eigenvalue weighted by atomic mass is 10.3. The third-order valence-electron chi connectivity index (χ3n) is 3.01. The number of hydrogen-bond donors (Lipinski definition) is 1. The van der Waals surface area contributed by atoms with Crippen LogP contribution in [0.4, 0.5) is 20.2 Å². The molecule has 24 heavy (non-hydrogen) atoms. The van der Waals surface area contributed by atoms with Gasteiger partial charge in [-0.25, -0.2) is 17.2 Å². The number of hydrogen-bond acceptors (Lipinski definition) is 3. The van der Waals surface area contributed by atoms with Crippen LogP contribution in [0, 0.1) is 15.2 Å². The van der Waals surface area contributed by atoms with Crippen LogP contribution < -0.4 is 9.62 Å². The molecular formula is C15H13F2IN2O3S. The predicted molar refractivity (Wildman–Crippen MR) is 96.3 cm³/mol. The molecule has 9 heteroatoms. The Morgan fingerprint density at radius 3 is 2.29 bits per heavy atom. The van der Waals surface area contributed by atoms with Crippen LogP contribution in [0.2, 0.25) is 0 Å². The summed E-state index contributed by atoms with van der Waals surface area (Å²) in [6, 6.07) is 9.52. The molecule has 0 saturated carbocycles. The second-order valence-corrected chi connectivity index (χ2v) is 8.08. The number of benzene rings is 2. The molecule has 0 spiro atoms.